The van der Waals surface area contributed by atoms with Crippen molar-refractivity contribution in [3.05, 3.63) is 64.3 Å². The lowest BCUT2D eigenvalue weighted by atomic mass is 10.1. The zero-order valence-corrected chi connectivity index (χ0v) is 17.3. The van der Waals surface area contributed by atoms with Gasteiger partial charge in [0.1, 0.15) is 29.6 Å². The van der Waals surface area contributed by atoms with E-state index in [1.807, 2.05) is 0 Å². The zero-order valence-electron chi connectivity index (χ0n) is 15.7. The Morgan fingerprint density at radius 2 is 1.90 bits per heavy atom. The minimum atomic E-state index is -0.802. The van der Waals surface area contributed by atoms with Gasteiger partial charge in [0, 0.05) is 10.7 Å². The monoisotopic (exact) mass is 435 g/mol. The molecule has 0 aliphatic heterocycles. The fourth-order valence-corrected chi connectivity index (χ4v) is 3.10. The first-order valence-electron chi connectivity index (χ1n) is 8.72. The standard InChI is InChI=1S/C21H19Cl2NO5/c1-12(28-20-6-3-13(22)9-17(20)23)21(26)24-14-4-7-18(27-2)16(10-14)19-8-5-15(11-25)29-19/h3-10,12,25H,11H2,1-2H3,(H,24,26)/t12-/m0/s1. The number of amides is 1. The maximum absolute atomic E-state index is 12.6. The molecule has 8 heteroatoms. The molecule has 2 N–H and O–H groups in total. The maximum atomic E-state index is 12.6. The van der Waals surface area contributed by atoms with Crippen LogP contribution in [0.15, 0.2) is 52.9 Å². The summed E-state index contributed by atoms with van der Waals surface area (Å²) in [5, 5.41) is 12.8. The second-order valence-electron chi connectivity index (χ2n) is 6.16. The molecule has 1 amide bonds. The van der Waals surface area contributed by atoms with Crippen LogP contribution in [0.5, 0.6) is 11.5 Å². The molecule has 0 radical (unpaired) electrons. The van der Waals surface area contributed by atoms with E-state index in [9.17, 15) is 9.90 Å². The molecule has 152 valence electrons. The molecule has 0 saturated carbocycles. The Morgan fingerprint density at radius 1 is 1.14 bits per heavy atom. The molecule has 1 heterocycles. The fourth-order valence-electron chi connectivity index (χ4n) is 2.64. The van der Waals surface area contributed by atoms with Crippen molar-refractivity contribution < 1.29 is 23.8 Å². The van der Waals surface area contributed by atoms with Crippen LogP contribution in [0.3, 0.4) is 0 Å². The van der Waals surface area contributed by atoms with E-state index in [0.717, 1.165) is 0 Å². The van der Waals surface area contributed by atoms with Crippen LogP contribution in [0, 0.1) is 0 Å². The number of aliphatic hydroxyl groups is 1. The number of nitrogens with one attached hydrogen (secondary N) is 1. The summed E-state index contributed by atoms with van der Waals surface area (Å²) < 4.78 is 16.6. The number of carbonyl (C=O) groups excluding carboxylic acids is 1. The molecular weight excluding hydrogens is 417 g/mol. The van der Waals surface area contributed by atoms with E-state index in [0.29, 0.717) is 44.3 Å². The van der Waals surface area contributed by atoms with Crippen molar-refractivity contribution in [1.29, 1.82) is 0 Å². The number of carbonyl (C=O) groups is 1. The first-order chi connectivity index (χ1) is 13.9. The van der Waals surface area contributed by atoms with Crippen LogP contribution >= 0.6 is 23.2 Å². The summed E-state index contributed by atoms with van der Waals surface area (Å²) in [7, 11) is 1.54. The molecule has 0 saturated heterocycles. The topological polar surface area (TPSA) is 80.9 Å². The molecule has 0 bridgehead atoms. The van der Waals surface area contributed by atoms with Gasteiger partial charge in [0.25, 0.3) is 5.91 Å². The summed E-state index contributed by atoms with van der Waals surface area (Å²) in [5.41, 5.74) is 1.17. The highest BCUT2D eigenvalue weighted by Gasteiger charge is 2.18. The van der Waals surface area contributed by atoms with Gasteiger partial charge in [0.2, 0.25) is 0 Å². The lowest BCUT2D eigenvalue weighted by molar-refractivity contribution is -0.122. The quantitative estimate of drug-likeness (QED) is 0.535. The molecule has 0 aliphatic carbocycles. The highest BCUT2D eigenvalue weighted by Crippen LogP contribution is 2.34. The smallest absolute Gasteiger partial charge is 0.265 e. The van der Waals surface area contributed by atoms with Crippen LogP contribution < -0.4 is 14.8 Å². The van der Waals surface area contributed by atoms with E-state index in [4.69, 9.17) is 37.1 Å². The third-order valence-corrected chi connectivity index (χ3v) is 4.65. The first kappa shape index (κ1) is 21.0. The van der Waals surface area contributed by atoms with Crippen molar-refractivity contribution in [3.63, 3.8) is 0 Å². The summed E-state index contributed by atoms with van der Waals surface area (Å²) >= 11 is 12.0. The molecule has 0 unspecified atom stereocenters. The van der Waals surface area contributed by atoms with Gasteiger partial charge in [-0.05, 0) is 55.5 Å². The number of methoxy groups -OCH3 is 1. The van der Waals surface area contributed by atoms with Gasteiger partial charge in [-0.2, -0.15) is 0 Å². The normalized spacial score (nSPS) is 11.8. The van der Waals surface area contributed by atoms with Crippen LogP contribution in [0.4, 0.5) is 5.69 Å². The Morgan fingerprint density at radius 3 is 2.55 bits per heavy atom. The van der Waals surface area contributed by atoms with Gasteiger partial charge in [-0.15, -0.1) is 0 Å². The van der Waals surface area contributed by atoms with Crippen molar-refractivity contribution in [2.75, 3.05) is 12.4 Å². The van der Waals surface area contributed by atoms with Crippen molar-refractivity contribution in [2.24, 2.45) is 0 Å². The number of halogens is 2. The number of rotatable bonds is 7. The number of benzene rings is 2. The molecule has 6 nitrogen and oxygen atoms in total. The molecule has 0 fully saturated rings. The summed E-state index contributed by atoms with van der Waals surface area (Å²) in [6.07, 6.45) is -0.802. The third-order valence-electron chi connectivity index (χ3n) is 4.12. The van der Waals surface area contributed by atoms with Gasteiger partial charge in [-0.1, -0.05) is 23.2 Å². The Bertz CT molecular complexity index is 1020. The lowest BCUT2D eigenvalue weighted by Gasteiger charge is -2.16. The first-order valence-corrected chi connectivity index (χ1v) is 9.47. The van der Waals surface area contributed by atoms with Gasteiger partial charge in [-0.25, -0.2) is 0 Å². The number of ether oxygens (including phenoxy) is 2. The van der Waals surface area contributed by atoms with Gasteiger partial charge in [-0.3, -0.25) is 4.79 Å². The Kier molecular flexibility index (Phi) is 6.69. The largest absolute Gasteiger partial charge is 0.496 e. The van der Waals surface area contributed by atoms with E-state index in [2.05, 4.69) is 5.32 Å². The maximum Gasteiger partial charge on any atom is 0.265 e. The number of furan rings is 1. The van der Waals surface area contributed by atoms with Gasteiger partial charge in [0.15, 0.2) is 6.10 Å². The highest BCUT2D eigenvalue weighted by molar-refractivity contribution is 6.35. The van der Waals surface area contributed by atoms with Gasteiger partial charge < -0.3 is 24.3 Å². The number of hydrogen-bond acceptors (Lipinski definition) is 5. The van der Waals surface area contributed by atoms with Crippen LogP contribution in [-0.2, 0) is 11.4 Å². The summed E-state index contributed by atoms with van der Waals surface area (Å²) in [4.78, 5) is 12.6. The Labute approximate surface area is 178 Å². The van der Waals surface area contributed by atoms with E-state index in [1.165, 1.54) is 0 Å². The van der Waals surface area contributed by atoms with Crippen LogP contribution in [0.1, 0.15) is 12.7 Å². The van der Waals surface area contributed by atoms with Crippen LogP contribution in [0.25, 0.3) is 11.3 Å². The SMILES string of the molecule is COc1ccc(NC(=O)[C@H](C)Oc2ccc(Cl)cc2Cl)cc1-c1ccc(CO)o1. The molecule has 29 heavy (non-hydrogen) atoms. The van der Waals surface area contributed by atoms with Gasteiger partial charge >= 0.3 is 0 Å². The second kappa shape index (κ2) is 9.22. The van der Waals surface area contributed by atoms with Crippen molar-refractivity contribution in [1.82, 2.24) is 0 Å². The van der Waals surface area contributed by atoms with Crippen molar-refractivity contribution >= 4 is 34.8 Å². The summed E-state index contributed by atoms with van der Waals surface area (Å²) in [6.45, 7) is 1.41. The van der Waals surface area contributed by atoms with Crippen LogP contribution in [0.2, 0.25) is 10.0 Å². The summed E-state index contributed by atoms with van der Waals surface area (Å²) in [5.74, 6) is 1.51. The molecule has 3 rings (SSSR count). The zero-order chi connectivity index (χ0) is 21.0. The number of aliphatic hydroxyl groups excluding tert-OH is 1. The number of anilines is 1. The van der Waals surface area contributed by atoms with E-state index in [1.54, 1.807) is 62.6 Å². The predicted molar refractivity (Wildman–Crippen MR) is 112 cm³/mol. The van der Waals surface area contributed by atoms with Crippen molar-refractivity contribution in [3.8, 4) is 22.8 Å². The molecular formula is C21H19Cl2NO5. The molecule has 0 spiro atoms. The lowest BCUT2D eigenvalue weighted by Crippen LogP contribution is -2.30. The van der Waals surface area contributed by atoms with Crippen LogP contribution in [-0.4, -0.2) is 24.2 Å². The fraction of sp³-hybridized carbons (Fsp3) is 0.190. The van der Waals surface area contributed by atoms with E-state index >= 15 is 0 Å². The average Bonchev–Trinajstić information content (AvgIpc) is 3.19. The van der Waals surface area contributed by atoms with Crippen molar-refractivity contribution in [2.45, 2.75) is 19.6 Å². The predicted octanol–water partition coefficient (Wildman–Crippen LogP) is 5.16. The summed E-state index contributed by atoms with van der Waals surface area (Å²) in [6, 6.07) is 13.3. The third kappa shape index (κ3) is 5.03. The van der Waals surface area contributed by atoms with Gasteiger partial charge in [0.05, 0.1) is 17.7 Å². The second-order valence-corrected chi connectivity index (χ2v) is 7.01. The molecule has 0 aliphatic rings. The minimum Gasteiger partial charge on any atom is -0.496 e. The Hall–Kier alpha value is -2.67. The highest BCUT2D eigenvalue weighted by atomic mass is 35.5. The minimum absolute atomic E-state index is 0.207. The molecule has 3 aromatic rings. The average molecular weight is 436 g/mol. The number of hydrogen-bond donors (Lipinski definition) is 2. The molecule has 1 aromatic heterocycles. The van der Waals surface area contributed by atoms with E-state index < -0.39 is 6.10 Å². The molecule has 2 aromatic carbocycles. The van der Waals surface area contributed by atoms with E-state index in [-0.39, 0.29) is 12.5 Å². The molecule has 1 atom stereocenters. The Balaban J connectivity index is 1.76.